The van der Waals surface area contributed by atoms with Crippen LogP contribution in [0.1, 0.15) is 50.2 Å². The van der Waals surface area contributed by atoms with Crippen molar-refractivity contribution in [1.29, 1.82) is 0 Å². The first-order chi connectivity index (χ1) is 8.18. The van der Waals surface area contributed by atoms with Crippen LogP contribution in [0.3, 0.4) is 0 Å². The molecule has 0 amide bonds. The topological polar surface area (TPSA) is 20.2 Å². The molecule has 94 valence electrons. The van der Waals surface area contributed by atoms with Gasteiger partial charge in [0.25, 0.3) is 0 Å². The third-order valence-corrected chi connectivity index (χ3v) is 3.66. The smallest absolute Gasteiger partial charge is 0.164 e. The molecule has 0 aromatic heterocycles. The summed E-state index contributed by atoms with van der Waals surface area (Å²) in [5, 5.41) is 9.88. The molecule has 0 radical (unpaired) electrons. The molecular weight excluding hydrogens is 222 g/mol. The molecule has 1 N–H and O–H groups in total. The van der Waals surface area contributed by atoms with E-state index >= 15 is 0 Å². The number of hydrogen-bond acceptors (Lipinski definition) is 1. The summed E-state index contributed by atoms with van der Waals surface area (Å²) in [5.74, 6) is -1.14. The van der Waals surface area contributed by atoms with Gasteiger partial charge in [-0.05, 0) is 24.8 Å². The molecule has 0 spiro atoms. The van der Waals surface area contributed by atoms with Crippen LogP contribution in [-0.2, 0) is 0 Å². The first-order valence-electron chi connectivity index (χ1n) is 6.30. The monoisotopic (exact) mass is 240 g/mol. The molecule has 1 aromatic carbocycles. The second-order valence-corrected chi connectivity index (χ2v) is 4.89. The van der Waals surface area contributed by atoms with Crippen molar-refractivity contribution in [1.82, 2.24) is 0 Å². The summed E-state index contributed by atoms with van der Waals surface area (Å²) in [6.45, 7) is 0. The van der Waals surface area contributed by atoms with Crippen LogP contribution in [0.15, 0.2) is 18.2 Å². The van der Waals surface area contributed by atoms with Gasteiger partial charge >= 0.3 is 0 Å². The van der Waals surface area contributed by atoms with Gasteiger partial charge in [-0.1, -0.05) is 37.8 Å². The highest BCUT2D eigenvalue weighted by atomic mass is 19.2. The number of halogens is 2. The summed E-state index contributed by atoms with van der Waals surface area (Å²) in [6.07, 6.45) is 5.47. The van der Waals surface area contributed by atoms with Crippen molar-refractivity contribution in [2.24, 2.45) is 5.92 Å². The van der Waals surface area contributed by atoms with Crippen molar-refractivity contribution in [3.05, 3.63) is 35.4 Å². The molecule has 0 aliphatic heterocycles. The molecule has 17 heavy (non-hydrogen) atoms. The van der Waals surface area contributed by atoms with E-state index in [1.54, 1.807) is 0 Å². The van der Waals surface area contributed by atoms with E-state index in [0.717, 1.165) is 12.5 Å². The minimum absolute atomic E-state index is 0.0861. The predicted octanol–water partition coefficient (Wildman–Crippen LogP) is 3.97. The van der Waals surface area contributed by atoms with Gasteiger partial charge < -0.3 is 5.11 Å². The van der Waals surface area contributed by atoms with Crippen LogP contribution in [-0.4, -0.2) is 5.11 Å². The number of hydrogen-bond donors (Lipinski definition) is 1. The van der Waals surface area contributed by atoms with Crippen molar-refractivity contribution >= 4 is 0 Å². The SMILES string of the molecule is OC(CCC1CCCC1)c1cccc(F)c1F. The van der Waals surface area contributed by atoms with Crippen LogP contribution >= 0.6 is 0 Å². The highest BCUT2D eigenvalue weighted by molar-refractivity contribution is 5.21. The number of rotatable bonds is 4. The van der Waals surface area contributed by atoms with Crippen molar-refractivity contribution in [3.63, 3.8) is 0 Å². The van der Waals surface area contributed by atoms with Crippen molar-refractivity contribution < 1.29 is 13.9 Å². The zero-order valence-electron chi connectivity index (χ0n) is 9.83. The second kappa shape index (κ2) is 5.58. The van der Waals surface area contributed by atoms with Crippen LogP contribution in [0.4, 0.5) is 8.78 Å². The van der Waals surface area contributed by atoms with Crippen LogP contribution in [0, 0.1) is 17.6 Å². The lowest BCUT2D eigenvalue weighted by molar-refractivity contribution is 0.151. The van der Waals surface area contributed by atoms with Gasteiger partial charge in [-0.3, -0.25) is 0 Å². The predicted molar refractivity (Wildman–Crippen MR) is 62.5 cm³/mol. The lowest BCUT2D eigenvalue weighted by atomic mass is 9.96. The molecule has 1 aliphatic rings. The fourth-order valence-electron chi connectivity index (χ4n) is 2.63. The number of aliphatic hydroxyl groups is 1. The molecule has 1 fully saturated rings. The standard InChI is InChI=1S/C14H18F2O/c15-12-7-3-6-11(14(12)16)13(17)9-8-10-4-1-2-5-10/h3,6-7,10,13,17H,1-2,4-5,8-9H2. The lowest BCUT2D eigenvalue weighted by Crippen LogP contribution is -2.05. The Kier molecular flexibility index (Phi) is 4.11. The van der Waals surface area contributed by atoms with E-state index in [1.165, 1.54) is 37.8 Å². The van der Waals surface area contributed by atoms with Crippen LogP contribution in [0.2, 0.25) is 0 Å². The third kappa shape index (κ3) is 3.03. The third-order valence-electron chi connectivity index (χ3n) is 3.66. The van der Waals surface area contributed by atoms with Gasteiger partial charge in [-0.15, -0.1) is 0 Å². The molecule has 2 rings (SSSR count). The summed E-state index contributed by atoms with van der Waals surface area (Å²) in [4.78, 5) is 0. The van der Waals surface area contributed by atoms with Gasteiger partial charge in [-0.2, -0.15) is 0 Å². The van der Waals surface area contributed by atoms with Gasteiger partial charge in [0.1, 0.15) is 0 Å². The van der Waals surface area contributed by atoms with E-state index < -0.39 is 17.7 Å². The Balaban J connectivity index is 1.94. The Morgan fingerprint density at radius 3 is 2.65 bits per heavy atom. The Hall–Kier alpha value is -0.960. The summed E-state index contributed by atoms with van der Waals surface area (Å²) < 4.78 is 26.4. The van der Waals surface area contributed by atoms with Gasteiger partial charge in [0, 0.05) is 5.56 Å². The highest BCUT2D eigenvalue weighted by Crippen LogP contribution is 2.32. The van der Waals surface area contributed by atoms with Gasteiger partial charge in [0.05, 0.1) is 6.10 Å². The fourth-order valence-corrected chi connectivity index (χ4v) is 2.63. The van der Waals surface area contributed by atoms with E-state index in [0.29, 0.717) is 12.3 Å². The molecule has 1 nitrogen and oxygen atoms in total. The Bertz CT molecular complexity index is 372. The summed E-state index contributed by atoms with van der Waals surface area (Å²) in [6, 6.07) is 3.97. The van der Waals surface area contributed by atoms with Crippen molar-refractivity contribution in [2.75, 3.05) is 0 Å². The molecule has 1 atom stereocenters. The van der Waals surface area contributed by atoms with E-state index in [9.17, 15) is 13.9 Å². The zero-order valence-corrected chi connectivity index (χ0v) is 9.83. The van der Waals surface area contributed by atoms with Crippen LogP contribution in [0.5, 0.6) is 0 Å². The Morgan fingerprint density at radius 1 is 1.24 bits per heavy atom. The zero-order chi connectivity index (χ0) is 12.3. The minimum Gasteiger partial charge on any atom is -0.388 e. The molecule has 3 heteroatoms. The molecule has 1 unspecified atom stereocenters. The van der Waals surface area contributed by atoms with E-state index in [1.807, 2.05) is 0 Å². The lowest BCUT2D eigenvalue weighted by Gasteiger charge is -2.14. The molecule has 0 heterocycles. The second-order valence-electron chi connectivity index (χ2n) is 4.89. The molecule has 1 aliphatic carbocycles. The average molecular weight is 240 g/mol. The first kappa shape index (κ1) is 12.5. The Morgan fingerprint density at radius 2 is 1.94 bits per heavy atom. The molecule has 1 saturated carbocycles. The number of aliphatic hydroxyl groups excluding tert-OH is 1. The summed E-state index contributed by atoms with van der Waals surface area (Å²) >= 11 is 0. The fraction of sp³-hybridized carbons (Fsp3) is 0.571. The normalized spacial score (nSPS) is 18.5. The molecular formula is C14H18F2O. The van der Waals surface area contributed by atoms with E-state index in [4.69, 9.17) is 0 Å². The Labute approximate surface area is 100 Å². The van der Waals surface area contributed by atoms with E-state index in [2.05, 4.69) is 0 Å². The maximum atomic E-state index is 13.4. The number of benzene rings is 1. The van der Waals surface area contributed by atoms with Crippen molar-refractivity contribution in [3.8, 4) is 0 Å². The van der Waals surface area contributed by atoms with E-state index in [-0.39, 0.29) is 5.56 Å². The average Bonchev–Trinajstić information content (AvgIpc) is 2.82. The van der Waals surface area contributed by atoms with Crippen molar-refractivity contribution in [2.45, 2.75) is 44.6 Å². The minimum atomic E-state index is -0.911. The quantitative estimate of drug-likeness (QED) is 0.844. The van der Waals surface area contributed by atoms with Crippen LogP contribution < -0.4 is 0 Å². The maximum absolute atomic E-state index is 13.4. The maximum Gasteiger partial charge on any atom is 0.164 e. The first-order valence-corrected chi connectivity index (χ1v) is 6.30. The van der Waals surface area contributed by atoms with Gasteiger partial charge in [0.2, 0.25) is 0 Å². The highest BCUT2D eigenvalue weighted by Gasteiger charge is 2.19. The molecule has 0 bridgehead atoms. The molecule has 0 saturated heterocycles. The van der Waals surface area contributed by atoms with Crippen LogP contribution in [0.25, 0.3) is 0 Å². The summed E-state index contributed by atoms with van der Waals surface area (Å²) in [7, 11) is 0. The molecule has 1 aromatic rings. The largest absolute Gasteiger partial charge is 0.388 e. The van der Waals surface area contributed by atoms with Gasteiger partial charge in [-0.25, -0.2) is 8.78 Å². The summed E-state index contributed by atoms with van der Waals surface area (Å²) in [5.41, 5.74) is 0.0861. The van der Waals surface area contributed by atoms with Gasteiger partial charge in [0.15, 0.2) is 11.6 Å².